The van der Waals surface area contributed by atoms with E-state index in [0.717, 1.165) is 0 Å². The van der Waals surface area contributed by atoms with Crippen molar-refractivity contribution in [3.05, 3.63) is 24.2 Å². The molecule has 0 fully saturated rings. The summed E-state index contributed by atoms with van der Waals surface area (Å²) in [4.78, 5) is 0. The molecule has 1 aromatic heterocycles. The largest absolute Gasteiger partial charge is 0.467 e. The van der Waals surface area contributed by atoms with Crippen LogP contribution in [0.5, 0.6) is 0 Å². The van der Waals surface area contributed by atoms with Crippen molar-refractivity contribution in [2.24, 2.45) is 0 Å². The maximum atomic E-state index is 11.0. The molecule has 1 aromatic rings. The molecule has 1 rings (SSSR count). The molecule has 0 aliphatic carbocycles. The van der Waals surface area contributed by atoms with Crippen molar-refractivity contribution in [1.29, 1.82) is 0 Å². The Balaban J connectivity index is 2.35. The number of rotatable bonds is 6. The van der Waals surface area contributed by atoms with E-state index in [1.807, 2.05) is 0 Å². The fraction of sp³-hybridized carbons (Fsp3) is 0.600. The maximum absolute atomic E-state index is 11.0. The van der Waals surface area contributed by atoms with E-state index in [9.17, 15) is 13.5 Å². The van der Waals surface area contributed by atoms with Crippen LogP contribution in [-0.2, 0) is 9.84 Å². The second-order valence-electron chi connectivity index (χ2n) is 3.93. The first-order valence-electron chi connectivity index (χ1n) is 5.01. The van der Waals surface area contributed by atoms with Crippen LogP contribution in [0.1, 0.15) is 18.8 Å². The molecule has 0 spiro atoms. The zero-order valence-electron chi connectivity index (χ0n) is 9.38. The predicted molar refractivity (Wildman–Crippen MR) is 60.8 cm³/mol. The number of aliphatic hydroxyl groups is 1. The molecule has 2 atom stereocenters. The lowest BCUT2D eigenvalue weighted by atomic mass is 10.2. The quantitative estimate of drug-likeness (QED) is 0.757. The number of nitrogens with one attached hydrogen (secondary N) is 1. The van der Waals surface area contributed by atoms with Crippen LogP contribution >= 0.6 is 0 Å². The van der Waals surface area contributed by atoms with Crippen LogP contribution < -0.4 is 5.32 Å². The summed E-state index contributed by atoms with van der Waals surface area (Å²) in [6.45, 7) is 2.03. The first-order valence-corrected chi connectivity index (χ1v) is 7.07. The molecule has 0 bridgehead atoms. The van der Waals surface area contributed by atoms with Gasteiger partial charge in [-0.2, -0.15) is 0 Å². The van der Waals surface area contributed by atoms with E-state index < -0.39 is 15.9 Å². The molecule has 0 saturated carbocycles. The number of aliphatic hydroxyl groups excluding tert-OH is 1. The van der Waals surface area contributed by atoms with E-state index in [4.69, 9.17) is 4.42 Å². The van der Waals surface area contributed by atoms with Crippen molar-refractivity contribution in [2.45, 2.75) is 19.1 Å². The SMILES string of the molecule is CC(CS(C)(=O)=O)NCC(O)c1ccco1. The molecule has 0 radical (unpaired) electrons. The third-order valence-electron chi connectivity index (χ3n) is 2.08. The fourth-order valence-corrected chi connectivity index (χ4v) is 2.43. The third-order valence-corrected chi connectivity index (χ3v) is 3.19. The molecule has 0 aromatic carbocycles. The van der Waals surface area contributed by atoms with Gasteiger partial charge in [0.05, 0.1) is 12.0 Å². The van der Waals surface area contributed by atoms with Crippen molar-refractivity contribution in [2.75, 3.05) is 18.6 Å². The summed E-state index contributed by atoms with van der Waals surface area (Å²) in [5.74, 6) is 0.525. The van der Waals surface area contributed by atoms with Crippen LogP contribution in [0.15, 0.2) is 22.8 Å². The molecule has 92 valence electrons. The highest BCUT2D eigenvalue weighted by Gasteiger charge is 2.14. The van der Waals surface area contributed by atoms with Crippen LogP contribution in [0.2, 0.25) is 0 Å². The van der Waals surface area contributed by atoms with Crippen LogP contribution in [-0.4, -0.2) is 38.1 Å². The lowest BCUT2D eigenvalue weighted by Gasteiger charge is -2.15. The Bertz CT molecular complexity index is 398. The summed E-state index contributed by atoms with van der Waals surface area (Å²) < 4.78 is 27.0. The second kappa shape index (κ2) is 5.47. The van der Waals surface area contributed by atoms with E-state index in [-0.39, 0.29) is 18.3 Å². The summed E-state index contributed by atoms with van der Waals surface area (Å²) in [7, 11) is -2.99. The van der Waals surface area contributed by atoms with Gasteiger partial charge in [0.1, 0.15) is 21.7 Å². The fourth-order valence-electron chi connectivity index (χ4n) is 1.41. The van der Waals surface area contributed by atoms with Gasteiger partial charge in [0.15, 0.2) is 0 Å². The van der Waals surface area contributed by atoms with Gasteiger partial charge in [-0.15, -0.1) is 0 Å². The lowest BCUT2D eigenvalue weighted by Crippen LogP contribution is -2.35. The van der Waals surface area contributed by atoms with E-state index in [2.05, 4.69) is 5.32 Å². The summed E-state index contributed by atoms with van der Waals surface area (Å²) in [6.07, 6.45) is 1.92. The minimum Gasteiger partial charge on any atom is -0.467 e. The predicted octanol–water partition coefficient (Wildman–Crippen LogP) is 0.336. The zero-order chi connectivity index (χ0) is 12.2. The van der Waals surface area contributed by atoms with Crippen LogP contribution in [0.4, 0.5) is 0 Å². The molecule has 2 unspecified atom stereocenters. The van der Waals surface area contributed by atoms with Crippen molar-refractivity contribution >= 4 is 9.84 Å². The normalized spacial score (nSPS) is 15.9. The van der Waals surface area contributed by atoms with Gasteiger partial charge in [0.2, 0.25) is 0 Å². The number of furan rings is 1. The topological polar surface area (TPSA) is 79.5 Å². The maximum Gasteiger partial charge on any atom is 0.148 e. The molecule has 5 nitrogen and oxygen atoms in total. The van der Waals surface area contributed by atoms with Crippen molar-refractivity contribution in [3.63, 3.8) is 0 Å². The van der Waals surface area contributed by atoms with E-state index in [1.54, 1.807) is 19.1 Å². The van der Waals surface area contributed by atoms with E-state index >= 15 is 0 Å². The summed E-state index contributed by atoms with van der Waals surface area (Å²) >= 11 is 0. The number of hydrogen-bond acceptors (Lipinski definition) is 5. The summed E-state index contributed by atoms with van der Waals surface area (Å²) in [5.41, 5.74) is 0. The molecule has 16 heavy (non-hydrogen) atoms. The molecular weight excluding hydrogens is 230 g/mol. The molecule has 0 aliphatic rings. The van der Waals surface area contributed by atoms with E-state index in [0.29, 0.717) is 5.76 Å². The standard InChI is InChI=1S/C10H17NO4S/c1-8(7-16(2,13)14)11-6-9(12)10-4-3-5-15-10/h3-5,8-9,11-12H,6-7H2,1-2H3. The van der Waals surface area contributed by atoms with Crippen LogP contribution in [0.25, 0.3) is 0 Å². The van der Waals surface area contributed by atoms with Gasteiger partial charge >= 0.3 is 0 Å². The van der Waals surface area contributed by atoms with Gasteiger partial charge in [0, 0.05) is 18.8 Å². The molecule has 6 heteroatoms. The summed E-state index contributed by atoms with van der Waals surface area (Å²) in [6, 6.07) is 3.17. The highest BCUT2D eigenvalue weighted by molar-refractivity contribution is 7.90. The lowest BCUT2D eigenvalue weighted by molar-refractivity contribution is 0.145. The molecular formula is C10H17NO4S. The monoisotopic (exact) mass is 247 g/mol. The summed E-state index contributed by atoms with van der Waals surface area (Å²) in [5, 5.41) is 12.6. The highest BCUT2D eigenvalue weighted by Crippen LogP contribution is 2.11. The molecule has 1 heterocycles. The minimum atomic E-state index is -2.99. The van der Waals surface area contributed by atoms with Crippen LogP contribution in [0.3, 0.4) is 0 Å². The number of hydrogen-bond donors (Lipinski definition) is 2. The van der Waals surface area contributed by atoms with E-state index in [1.165, 1.54) is 12.5 Å². The Morgan fingerprint density at radius 3 is 2.75 bits per heavy atom. The first kappa shape index (κ1) is 13.2. The van der Waals surface area contributed by atoms with Crippen LogP contribution in [0, 0.1) is 0 Å². The molecule has 0 amide bonds. The molecule has 0 saturated heterocycles. The van der Waals surface area contributed by atoms with Gasteiger partial charge in [-0.05, 0) is 19.1 Å². The highest BCUT2D eigenvalue weighted by atomic mass is 32.2. The average molecular weight is 247 g/mol. The Kier molecular flexibility index (Phi) is 4.52. The Labute approximate surface area is 95.4 Å². The Morgan fingerprint density at radius 2 is 2.25 bits per heavy atom. The minimum absolute atomic E-state index is 0.0534. The second-order valence-corrected chi connectivity index (χ2v) is 6.12. The molecule has 2 N–H and O–H groups in total. The third kappa shape index (κ3) is 4.78. The van der Waals surface area contributed by atoms with Gasteiger partial charge < -0.3 is 14.8 Å². The van der Waals surface area contributed by atoms with Gasteiger partial charge in [-0.3, -0.25) is 0 Å². The van der Waals surface area contributed by atoms with Crippen molar-refractivity contribution < 1.29 is 17.9 Å². The first-order chi connectivity index (χ1) is 7.38. The van der Waals surface area contributed by atoms with Crippen molar-refractivity contribution in [1.82, 2.24) is 5.32 Å². The van der Waals surface area contributed by atoms with Gasteiger partial charge in [0.25, 0.3) is 0 Å². The zero-order valence-corrected chi connectivity index (χ0v) is 10.2. The van der Waals surface area contributed by atoms with Crippen molar-refractivity contribution in [3.8, 4) is 0 Å². The van der Waals surface area contributed by atoms with Gasteiger partial charge in [-0.25, -0.2) is 8.42 Å². The Hall–Kier alpha value is -0.850. The smallest absolute Gasteiger partial charge is 0.148 e. The van der Waals surface area contributed by atoms with Gasteiger partial charge in [-0.1, -0.05) is 0 Å². The molecule has 0 aliphatic heterocycles. The number of sulfone groups is 1. The Morgan fingerprint density at radius 1 is 1.56 bits per heavy atom. The average Bonchev–Trinajstić information content (AvgIpc) is 2.64.